The van der Waals surface area contributed by atoms with Crippen LogP contribution in [0.15, 0.2) is 0 Å². The number of aromatic amines is 1. The molecule has 1 aromatic rings. The third-order valence-corrected chi connectivity index (χ3v) is 3.53. The number of nitrogens with zero attached hydrogens (tertiary/aromatic N) is 2. The topological polar surface area (TPSA) is 31.9 Å². The molecule has 0 radical (unpaired) electrons. The summed E-state index contributed by atoms with van der Waals surface area (Å²) in [6, 6.07) is 0. The predicted octanol–water partition coefficient (Wildman–Crippen LogP) is 2.52. The van der Waals surface area contributed by atoms with E-state index in [4.69, 9.17) is 0 Å². The van der Waals surface area contributed by atoms with Crippen molar-refractivity contribution in [2.45, 2.75) is 59.0 Å². The minimum Gasteiger partial charge on any atom is -0.294 e. The molecule has 90 valence electrons. The Balaban J connectivity index is 2.28. The molecule has 0 aliphatic carbocycles. The molecular formula is C13H23N3. The van der Waals surface area contributed by atoms with Crippen molar-refractivity contribution in [3.8, 4) is 0 Å². The largest absolute Gasteiger partial charge is 0.294 e. The van der Waals surface area contributed by atoms with Gasteiger partial charge in [-0.25, -0.2) is 0 Å². The highest BCUT2D eigenvalue weighted by atomic mass is 15.2. The van der Waals surface area contributed by atoms with Gasteiger partial charge in [0.1, 0.15) is 0 Å². The number of aryl methyl sites for hydroxylation is 2. The normalized spacial score (nSPS) is 18.2. The highest BCUT2D eigenvalue weighted by Gasteiger charge is 2.26. The number of nitrogens with one attached hydrogen (secondary N) is 1. The van der Waals surface area contributed by atoms with E-state index in [1.165, 1.54) is 29.9 Å². The van der Waals surface area contributed by atoms with Crippen molar-refractivity contribution in [1.82, 2.24) is 15.1 Å². The highest BCUT2D eigenvalue weighted by Crippen LogP contribution is 2.25. The summed E-state index contributed by atoms with van der Waals surface area (Å²) in [4.78, 5) is 2.56. The van der Waals surface area contributed by atoms with Crippen LogP contribution in [0.2, 0.25) is 0 Å². The Morgan fingerprint density at radius 2 is 2.12 bits per heavy atom. The van der Waals surface area contributed by atoms with Crippen molar-refractivity contribution in [3.05, 3.63) is 17.0 Å². The molecule has 0 saturated heterocycles. The van der Waals surface area contributed by atoms with Gasteiger partial charge in [0.05, 0.1) is 5.69 Å². The molecule has 0 atom stereocenters. The fourth-order valence-corrected chi connectivity index (χ4v) is 2.42. The van der Waals surface area contributed by atoms with Gasteiger partial charge in [-0.05, 0) is 46.6 Å². The van der Waals surface area contributed by atoms with Crippen LogP contribution in [0.1, 0.15) is 51.1 Å². The Morgan fingerprint density at radius 1 is 1.38 bits per heavy atom. The molecule has 3 heteroatoms. The van der Waals surface area contributed by atoms with Gasteiger partial charge in [-0.2, -0.15) is 5.10 Å². The second-order valence-corrected chi connectivity index (χ2v) is 5.68. The predicted molar refractivity (Wildman–Crippen MR) is 66.4 cm³/mol. The highest BCUT2D eigenvalue weighted by molar-refractivity contribution is 5.26. The van der Waals surface area contributed by atoms with Gasteiger partial charge >= 0.3 is 0 Å². The van der Waals surface area contributed by atoms with Gasteiger partial charge in [0.15, 0.2) is 0 Å². The van der Waals surface area contributed by atoms with E-state index < -0.39 is 0 Å². The molecule has 16 heavy (non-hydrogen) atoms. The molecular weight excluding hydrogens is 198 g/mol. The SMILES string of the molecule is CCc1n[nH]c2c1CN(C(C)(C)C)CCC2. The Bertz CT molecular complexity index is 360. The van der Waals surface area contributed by atoms with Crippen LogP contribution in [0, 0.1) is 0 Å². The molecule has 0 unspecified atom stereocenters. The first-order valence-electron chi connectivity index (χ1n) is 6.32. The fourth-order valence-electron chi connectivity index (χ4n) is 2.42. The lowest BCUT2D eigenvalue weighted by Crippen LogP contribution is -2.40. The Labute approximate surface area is 98.2 Å². The molecule has 3 nitrogen and oxygen atoms in total. The number of fused-ring (bicyclic) bond motifs is 1. The molecule has 1 aliphatic rings. The third kappa shape index (κ3) is 2.14. The summed E-state index contributed by atoms with van der Waals surface area (Å²) in [6.45, 7) is 11.3. The smallest absolute Gasteiger partial charge is 0.0667 e. The summed E-state index contributed by atoms with van der Waals surface area (Å²) < 4.78 is 0. The van der Waals surface area contributed by atoms with E-state index in [2.05, 4.69) is 42.8 Å². The standard InChI is InChI=1S/C13H23N3/c1-5-11-10-9-16(13(2,3)4)8-6-7-12(10)15-14-11/h5-9H2,1-4H3,(H,14,15). The van der Waals surface area contributed by atoms with E-state index >= 15 is 0 Å². The second kappa shape index (κ2) is 4.21. The number of H-pyrrole nitrogens is 1. The first-order valence-corrected chi connectivity index (χ1v) is 6.32. The summed E-state index contributed by atoms with van der Waals surface area (Å²) in [5.41, 5.74) is 4.33. The molecule has 0 aromatic carbocycles. The van der Waals surface area contributed by atoms with E-state index in [9.17, 15) is 0 Å². The van der Waals surface area contributed by atoms with Crippen LogP contribution in [-0.4, -0.2) is 27.2 Å². The molecule has 0 saturated carbocycles. The lowest BCUT2D eigenvalue weighted by atomic mass is 10.0. The molecule has 2 rings (SSSR count). The lowest BCUT2D eigenvalue weighted by molar-refractivity contribution is 0.130. The second-order valence-electron chi connectivity index (χ2n) is 5.68. The zero-order valence-corrected chi connectivity index (χ0v) is 10.9. The average Bonchev–Trinajstić information content (AvgIpc) is 2.45. The zero-order chi connectivity index (χ0) is 11.8. The molecule has 1 aliphatic heterocycles. The van der Waals surface area contributed by atoms with E-state index in [-0.39, 0.29) is 5.54 Å². The van der Waals surface area contributed by atoms with Crippen LogP contribution in [0.5, 0.6) is 0 Å². The maximum absolute atomic E-state index is 4.42. The van der Waals surface area contributed by atoms with Crippen molar-refractivity contribution in [2.24, 2.45) is 0 Å². The van der Waals surface area contributed by atoms with Crippen LogP contribution < -0.4 is 0 Å². The van der Waals surface area contributed by atoms with Crippen molar-refractivity contribution < 1.29 is 0 Å². The van der Waals surface area contributed by atoms with Gasteiger partial charge in [-0.15, -0.1) is 0 Å². The lowest BCUT2D eigenvalue weighted by Gasteiger charge is -2.34. The van der Waals surface area contributed by atoms with Gasteiger partial charge in [-0.1, -0.05) is 6.92 Å². The number of rotatable bonds is 1. The maximum atomic E-state index is 4.42. The van der Waals surface area contributed by atoms with E-state index in [0.717, 1.165) is 19.4 Å². The van der Waals surface area contributed by atoms with Gasteiger partial charge in [0.2, 0.25) is 0 Å². The molecule has 1 N–H and O–H groups in total. The van der Waals surface area contributed by atoms with Crippen LogP contribution in [0.25, 0.3) is 0 Å². The van der Waals surface area contributed by atoms with E-state index in [0.29, 0.717) is 0 Å². The van der Waals surface area contributed by atoms with Crippen LogP contribution in [0.4, 0.5) is 0 Å². The van der Waals surface area contributed by atoms with Gasteiger partial charge in [0.25, 0.3) is 0 Å². The summed E-state index contributed by atoms with van der Waals surface area (Å²) in [6.07, 6.45) is 3.41. The average molecular weight is 221 g/mol. The van der Waals surface area contributed by atoms with Gasteiger partial charge in [-0.3, -0.25) is 10.00 Å². The summed E-state index contributed by atoms with van der Waals surface area (Å²) in [5.74, 6) is 0. The third-order valence-electron chi connectivity index (χ3n) is 3.53. The zero-order valence-electron chi connectivity index (χ0n) is 10.9. The van der Waals surface area contributed by atoms with Crippen LogP contribution in [0.3, 0.4) is 0 Å². The summed E-state index contributed by atoms with van der Waals surface area (Å²) in [5, 5.41) is 7.64. The summed E-state index contributed by atoms with van der Waals surface area (Å²) >= 11 is 0. The van der Waals surface area contributed by atoms with Gasteiger partial charge in [0, 0.05) is 23.3 Å². The van der Waals surface area contributed by atoms with Crippen molar-refractivity contribution in [1.29, 1.82) is 0 Å². The van der Waals surface area contributed by atoms with Crippen molar-refractivity contribution in [2.75, 3.05) is 6.54 Å². The minimum absolute atomic E-state index is 0.254. The maximum Gasteiger partial charge on any atom is 0.0667 e. The van der Waals surface area contributed by atoms with Crippen molar-refractivity contribution >= 4 is 0 Å². The Hall–Kier alpha value is -0.830. The molecule has 0 bridgehead atoms. The molecule has 0 amide bonds. The van der Waals surface area contributed by atoms with E-state index in [1.807, 2.05) is 0 Å². The first kappa shape index (κ1) is 11.6. The number of hydrogen-bond acceptors (Lipinski definition) is 2. The minimum atomic E-state index is 0.254. The number of hydrogen-bond donors (Lipinski definition) is 1. The first-order chi connectivity index (χ1) is 7.52. The Kier molecular flexibility index (Phi) is 3.06. The summed E-state index contributed by atoms with van der Waals surface area (Å²) in [7, 11) is 0. The van der Waals surface area contributed by atoms with Crippen LogP contribution in [-0.2, 0) is 19.4 Å². The van der Waals surface area contributed by atoms with E-state index in [1.54, 1.807) is 0 Å². The fraction of sp³-hybridized carbons (Fsp3) is 0.769. The van der Waals surface area contributed by atoms with Gasteiger partial charge < -0.3 is 0 Å². The number of aromatic nitrogens is 2. The Morgan fingerprint density at radius 3 is 2.75 bits per heavy atom. The molecule has 0 fully saturated rings. The van der Waals surface area contributed by atoms with Crippen molar-refractivity contribution in [3.63, 3.8) is 0 Å². The molecule has 2 heterocycles. The molecule has 0 spiro atoms. The molecule has 1 aromatic heterocycles. The quantitative estimate of drug-likeness (QED) is 0.790. The van der Waals surface area contributed by atoms with Crippen LogP contribution >= 0.6 is 0 Å². The monoisotopic (exact) mass is 221 g/mol.